The highest BCUT2D eigenvalue weighted by Gasteiger charge is 2.22. The molecule has 22 heavy (non-hydrogen) atoms. The highest BCUT2D eigenvalue weighted by atomic mass is 79.9. The third kappa shape index (κ3) is 4.88. The number of phenols is 1. The number of rotatable bonds is 7. The second-order valence-electron chi connectivity index (χ2n) is 5.60. The molecule has 0 aliphatic heterocycles. The van der Waals surface area contributed by atoms with E-state index in [9.17, 15) is 9.90 Å². The molecule has 0 aliphatic carbocycles. The first kappa shape index (κ1) is 18.8. The molecule has 0 heterocycles. The lowest BCUT2D eigenvalue weighted by Crippen LogP contribution is -2.37. The number of halogens is 1. The number of ether oxygens (including phenoxy) is 1. The van der Waals surface area contributed by atoms with E-state index in [1.54, 1.807) is 13.0 Å². The van der Waals surface area contributed by atoms with E-state index < -0.39 is 6.10 Å². The molecule has 0 saturated carbocycles. The lowest BCUT2D eigenvalue weighted by Gasteiger charge is -2.22. The van der Waals surface area contributed by atoms with Gasteiger partial charge in [-0.05, 0) is 53.2 Å². The second-order valence-corrected chi connectivity index (χ2v) is 6.39. The van der Waals surface area contributed by atoms with Gasteiger partial charge in [-0.1, -0.05) is 19.9 Å². The maximum Gasteiger partial charge on any atom is 0.286 e. The maximum absolute atomic E-state index is 12.1. The molecule has 0 bridgehead atoms. The van der Waals surface area contributed by atoms with Gasteiger partial charge in [0.15, 0.2) is 6.10 Å². The van der Waals surface area contributed by atoms with Gasteiger partial charge in [0, 0.05) is 7.05 Å². The Morgan fingerprint density at radius 3 is 2.55 bits per heavy atom. The first-order valence-electron chi connectivity index (χ1n) is 7.26. The molecule has 0 fully saturated rings. The van der Waals surface area contributed by atoms with Crippen molar-refractivity contribution in [2.75, 3.05) is 14.2 Å². The SMILES string of the molecule is CON(C)C(=O)[C@@H](C)Oc1c(CCC(C)C)ccc(O)c1Br. The van der Waals surface area contributed by atoms with Gasteiger partial charge in [0.1, 0.15) is 16.0 Å². The van der Waals surface area contributed by atoms with Gasteiger partial charge in [-0.3, -0.25) is 9.63 Å². The number of nitrogens with zero attached hydrogens (tertiary/aromatic N) is 1. The molecule has 0 spiro atoms. The van der Waals surface area contributed by atoms with Gasteiger partial charge in [0.05, 0.1) is 7.11 Å². The molecule has 0 unspecified atom stereocenters. The minimum atomic E-state index is -0.721. The minimum absolute atomic E-state index is 0.0862. The van der Waals surface area contributed by atoms with Crippen molar-refractivity contribution in [1.82, 2.24) is 5.06 Å². The van der Waals surface area contributed by atoms with Gasteiger partial charge in [-0.25, -0.2) is 5.06 Å². The first-order chi connectivity index (χ1) is 10.3. The Balaban J connectivity index is 3.00. The third-order valence-electron chi connectivity index (χ3n) is 3.38. The van der Waals surface area contributed by atoms with E-state index in [0.717, 1.165) is 23.5 Å². The Hall–Kier alpha value is -1.27. The van der Waals surface area contributed by atoms with E-state index in [1.165, 1.54) is 14.2 Å². The summed E-state index contributed by atoms with van der Waals surface area (Å²) in [6.45, 7) is 5.95. The normalized spacial score (nSPS) is 12.3. The Kier molecular flexibility index (Phi) is 7.16. The van der Waals surface area contributed by atoms with Crippen molar-refractivity contribution in [1.29, 1.82) is 0 Å². The van der Waals surface area contributed by atoms with Gasteiger partial charge in [0.2, 0.25) is 0 Å². The summed E-state index contributed by atoms with van der Waals surface area (Å²) >= 11 is 3.34. The lowest BCUT2D eigenvalue weighted by atomic mass is 10.0. The van der Waals surface area contributed by atoms with Crippen LogP contribution in [0.25, 0.3) is 0 Å². The summed E-state index contributed by atoms with van der Waals surface area (Å²) < 4.78 is 6.26. The summed E-state index contributed by atoms with van der Waals surface area (Å²) in [7, 11) is 2.95. The van der Waals surface area contributed by atoms with Crippen LogP contribution in [0.2, 0.25) is 0 Å². The molecular formula is C16H24BrNO4. The number of benzene rings is 1. The van der Waals surface area contributed by atoms with E-state index in [-0.39, 0.29) is 11.7 Å². The van der Waals surface area contributed by atoms with Crippen LogP contribution in [0.3, 0.4) is 0 Å². The van der Waals surface area contributed by atoms with Crippen LogP contribution in [-0.2, 0) is 16.1 Å². The third-order valence-corrected chi connectivity index (χ3v) is 4.14. The molecular weight excluding hydrogens is 350 g/mol. The molecule has 5 nitrogen and oxygen atoms in total. The summed E-state index contributed by atoms with van der Waals surface area (Å²) in [5.74, 6) is 0.848. The largest absolute Gasteiger partial charge is 0.507 e. The Labute approximate surface area is 140 Å². The molecule has 6 heteroatoms. The van der Waals surface area contributed by atoms with Crippen molar-refractivity contribution in [2.45, 2.75) is 39.7 Å². The standard InChI is InChI=1S/C16H24BrNO4/c1-10(2)6-7-12-8-9-13(19)14(17)15(12)22-11(3)16(20)18(4)21-5/h8-11,19H,6-7H2,1-5H3/t11-/m1/s1. The molecule has 0 saturated heterocycles. The van der Waals surface area contributed by atoms with Crippen LogP contribution in [0.1, 0.15) is 32.8 Å². The number of carbonyl (C=O) groups excluding carboxylic acids is 1. The monoisotopic (exact) mass is 373 g/mol. The summed E-state index contributed by atoms with van der Waals surface area (Å²) in [6, 6.07) is 3.45. The number of aryl methyl sites for hydroxylation is 1. The Morgan fingerprint density at radius 1 is 1.36 bits per heavy atom. The van der Waals surface area contributed by atoms with Crippen LogP contribution in [0.15, 0.2) is 16.6 Å². The van der Waals surface area contributed by atoms with Gasteiger partial charge in [-0.15, -0.1) is 0 Å². The van der Waals surface area contributed by atoms with Crippen LogP contribution >= 0.6 is 15.9 Å². The van der Waals surface area contributed by atoms with Crippen LogP contribution in [0.4, 0.5) is 0 Å². The molecule has 0 radical (unpaired) electrons. The molecule has 1 N–H and O–H groups in total. The number of hydrogen-bond acceptors (Lipinski definition) is 4. The summed E-state index contributed by atoms with van der Waals surface area (Å²) in [5.41, 5.74) is 0.957. The van der Waals surface area contributed by atoms with E-state index >= 15 is 0 Å². The van der Waals surface area contributed by atoms with Crippen molar-refractivity contribution in [3.8, 4) is 11.5 Å². The fraction of sp³-hybridized carbons (Fsp3) is 0.562. The zero-order chi connectivity index (χ0) is 16.9. The molecule has 1 atom stereocenters. The van der Waals surface area contributed by atoms with Crippen LogP contribution < -0.4 is 4.74 Å². The highest BCUT2D eigenvalue weighted by Crippen LogP contribution is 2.38. The number of amides is 1. The van der Waals surface area contributed by atoms with Crippen LogP contribution in [-0.4, -0.2) is 36.3 Å². The maximum atomic E-state index is 12.1. The van der Waals surface area contributed by atoms with Gasteiger partial charge >= 0.3 is 0 Å². The number of phenolic OH excluding ortho intramolecular Hbond substituents is 1. The van der Waals surface area contributed by atoms with Crippen molar-refractivity contribution in [3.05, 3.63) is 22.2 Å². The fourth-order valence-corrected chi connectivity index (χ4v) is 2.41. The van der Waals surface area contributed by atoms with Gasteiger partial charge in [0.25, 0.3) is 5.91 Å². The number of likely N-dealkylation sites (N-methyl/N-ethyl adjacent to an activating group) is 1. The predicted octanol–water partition coefficient (Wildman–Crippen LogP) is 3.53. The Bertz CT molecular complexity index is 519. The zero-order valence-corrected chi connectivity index (χ0v) is 15.3. The van der Waals surface area contributed by atoms with Gasteiger partial charge in [-0.2, -0.15) is 0 Å². The number of hydroxylamine groups is 2. The van der Waals surface area contributed by atoms with E-state index in [0.29, 0.717) is 16.1 Å². The number of aromatic hydroxyl groups is 1. The molecule has 1 aromatic rings. The fourth-order valence-electron chi connectivity index (χ4n) is 1.93. The van der Waals surface area contributed by atoms with Crippen LogP contribution in [0, 0.1) is 5.92 Å². The van der Waals surface area contributed by atoms with E-state index in [2.05, 4.69) is 29.8 Å². The van der Waals surface area contributed by atoms with E-state index in [1.807, 2.05) is 6.07 Å². The molecule has 1 aromatic carbocycles. The van der Waals surface area contributed by atoms with Crippen molar-refractivity contribution in [3.63, 3.8) is 0 Å². The molecule has 0 aromatic heterocycles. The molecule has 1 rings (SSSR count). The average Bonchev–Trinajstić information content (AvgIpc) is 2.49. The Morgan fingerprint density at radius 2 is 2.00 bits per heavy atom. The molecule has 1 amide bonds. The van der Waals surface area contributed by atoms with E-state index in [4.69, 9.17) is 9.57 Å². The topological polar surface area (TPSA) is 59.0 Å². The quantitative estimate of drug-likeness (QED) is 0.742. The summed E-state index contributed by atoms with van der Waals surface area (Å²) in [5, 5.41) is 11.0. The van der Waals surface area contributed by atoms with Crippen molar-refractivity contribution >= 4 is 21.8 Å². The predicted molar refractivity (Wildman–Crippen MR) is 88.8 cm³/mol. The van der Waals surface area contributed by atoms with Crippen molar-refractivity contribution < 1.29 is 19.5 Å². The zero-order valence-electron chi connectivity index (χ0n) is 13.7. The molecule has 124 valence electrons. The van der Waals surface area contributed by atoms with Crippen molar-refractivity contribution in [2.24, 2.45) is 5.92 Å². The average molecular weight is 374 g/mol. The highest BCUT2D eigenvalue weighted by molar-refractivity contribution is 9.10. The summed E-state index contributed by atoms with van der Waals surface area (Å²) in [4.78, 5) is 16.9. The molecule has 0 aliphatic rings. The summed E-state index contributed by atoms with van der Waals surface area (Å²) in [6.07, 6.45) is 1.08. The second kappa shape index (κ2) is 8.39. The minimum Gasteiger partial charge on any atom is -0.507 e. The number of carbonyl (C=O) groups is 1. The number of hydrogen-bond donors (Lipinski definition) is 1. The lowest BCUT2D eigenvalue weighted by molar-refractivity contribution is -0.175. The smallest absolute Gasteiger partial charge is 0.286 e. The van der Waals surface area contributed by atoms with Gasteiger partial charge < -0.3 is 9.84 Å². The first-order valence-corrected chi connectivity index (χ1v) is 8.05. The van der Waals surface area contributed by atoms with Crippen LogP contribution in [0.5, 0.6) is 11.5 Å².